The summed E-state index contributed by atoms with van der Waals surface area (Å²) in [5, 5.41) is 7.65. The third kappa shape index (κ3) is 2.65. The van der Waals surface area contributed by atoms with Crippen molar-refractivity contribution in [2.75, 3.05) is 12.4 Å². The number of anilines is 1. The largest absolute Gasteiger partial charge is 0.355 e. The van der Waals surface area contributed by atoms with E-state index >= 15 is 0 Å². The first kappa shape index (κ1) is 13.7. The van der Waals surface area contributed by atoms with Gasteiger partial charge in [-0.3, -0.25) is 9.59 Å². The summed E-state index contributed by atoms with van der Waals surface area (Å²) in [6.45, 7) is 0. The van der Waals surface area contributed by atoms with Crippen molar-refractivity contribution in [2.24, 2.45) is 0 Å². The highest BCUT2D eigenvalue weighted by Crippen LogP contribution is 2.25. The van der Waals surface area contributed by atoms with E-state index in [0.29, 0.717) is 16.1 Å². The van der Waals surface area contributed by atoms with Crippen LogP contribution in [0.4, 0.5) is 5.00 Å². The minimum atomic E-state index is -0.238. The fraction of sp³-hybridized carbons (Fsp3) is 0.0714. The van der Waals surface area contributed by atoms with Gasteiger partial charge in [0.05, 0.1) is 21.3 Å². The number of nitrogens with one attached hydrogen (secondary N) is 2. The lowest BCUT2D eigenvalue weighted by Gasteiger charge is -2.05. The summed E-state index contributed by atoms with van der Waals surface area (Å²) in [5.74, 6) is -0.456. The van der Waals surface area contributed by atoms with Crippen molar-refractivity contribution in [1.82, 2.24) is 10.3 Å². The molecule has 2 N–H and O–H groups in total. The van der Waals surface area contributed by atoms with Crippen LogP contribution in [0.25, 0.3) is 10.2 Å². The third-order valence-corrected chi connectivity index (χ3v) is 4.58. The minimum absolute atomic E-state index is 0.218. The van der Waals surface area contributed by atoms with E-state index in [1.165, 1.54) is 22.7 Å². The number of hydrogen-bond donors (Lipinski definition) is 2. The molecule has 1 aromatic carbocycles. The Labute approximate surface area is 128 Å². The molecule has 0 bridgehead atoms. The van der Waals surface area contributed by atoms with Crippen LogP contribution in [0, 0.1) is 0 Å². The van der Waals surface area contributed by atoms with Crippen molar-refractivity contribution in [2.45, 2.75) is 0 Å². The van der Waals surface area contributed by atoms with Gasteiger partial charge >= 0.3 is 0 Å². The number of carbonyl (C=O) groups is 2. The highest BCUT2D eigenvalue weighted by molar-refractivity contribution is 7.16. The number of rotatable bonds is 3. The Morgan fingerprint density at radius 2 is 2.00 bits per heavy atom. The summed E-state index contributed by atoms with van der Waals surface area (Å²) >= 11 is 2.80. The Kier molecular flexibility index (Phi) is 3.68. The van der Waals surface area contributed by atoms with Gasteiger partial charge in [0, 0.05) is 12.6 Å². The third-order valence-electron chi connectivity index (χ3n) is 2.96. The van der Waals surface area contributed by atoms with Crippen molar-refractivity contribution < 1.29 is 9.59 Å². The summed E-state index contributed by atoms with van der Waals surface area (Å²) in [5.41, 5.74) is 3.63. The van der Waals surface area contributed by atoms with Gasteiger partial charge in [-0.25, -0.2) is 4.98 Å². The van der Waals surface area contributed by atoms with E-state index in [1.54, 1.807) is 36.1 Å². The number of thiophene rings is 1. The first-order chi connectivity index (χ1) is 10.2. The molecule has 0 unspecified atom stereocenters. The molecule has 0 atom stereocenters. The van der Waals surface area contributed by atoms with Crippen LogP contribution < -0.4 is 10.6 Å². The normalized spacial score (nSPS) is 10.5. The quantitative estimate of drug-likeness (QED) is 0.780. The molecule has 0 fully saturated rings. The average molecular weight is 317 g/mol. The summed E-state index contributed by atoms with van der Waals surface area (Å²) in [7, 11) is 1.56. The Morgan fingerprint density at radius 3 is 2.81 bits per heavy atom. The van der Waals surface area contributed by atoms with Crippen LogP contribution in [0.2, 0.25) is 0 Å². The van der Waals surface area contributed by atoms with E-state index in [4.69, 9.17) is 0 Å². The van der Waals surface area contributed by atoms with Gasteiger partial charge in [-0.1, -0.05) is 0 Å². The van der Waals surface area contributed by atoms with Gasteiger partial charge in [-0.15, -0.1) is 22.7 Å². The molecule has 0 aliphatic carbocycles. The second-order valence-electron chi connectivity index (χ2n) is 4.23. The van der Waals surface area contributed by atoms with Crippen molar-refractivity contribution in [3.05, 3.63) is 46.3 Å². The fourth-order valence-electron chi connectivity index (χ4n) is 1.89. The van der Waals surface area contributed by atoms with Gasteiger partial charge in [0.15, 0.2) is 0 Å². The van der Waals surface area contributed by atoms with Crippen LogP contribution in [-0.4, -0.2) is 23.8 Å². The van der Waals surface area contributed by atoms with Crippen molar-refractivity contribution >= 4 is 49.7 Å². The van der Waals surface area contributed by atoms with Crippen LogP contribution in [0.15, 0.2) is 35.2 Å². The zero-order valence-corrected chi connectivity index (χ0v) is 12.7. The number of thiazole rings is 1. The highest BCUT2D eigenvalue weighted by Gasteiger charge is 2.15. The zero-order valence-electron chi connectivity index (χ0n) is 11.0. The van der Waals surface area contributed by atoms with Crippen LogP contribution in [0.5, 0.6) is 0 Å². The summed E-state index contributed by atoms with van der Waals surface area (Å²) in [6, 6.07) is 7.03. The van der Waals surface area contributed by atoms with E-state index < -0.39 is 0 Å². The maximum absolute atomic E-state index is 12.3. The van der Waals surface area contributed by atoms with Crippen LogP contribution in [0.3, 0.4) is 0 Å². The van der Waals surface area contributed by atoms with Crippen LogP contribution >= 0.6 is 22.7 Å². The second kappa shape index (κ2) is 5.63. The number of carbonyl (C=O) groups excluding carboxylic acids is 2. The van der Waals surface area contributed by atoms with E-state index in [2.05, 4.69) is 15.6 Å². The SMILES string of the molecule is CNC(=O)c1ccsc1NC(=O)c1ccc2ncsc2c1. The second-order valence-corrected chi connectivity index (χ2v) is 6.03. The summed E-state index contributed by atoms with van der Waals surface area (Å²) < 4.78 is 0.959. The highest BCUT2D eigenvalue weighted by atomic mass is 32.1. The summed E-state index contributed by atoms with van der Waals surface area (Å²) in [4.78, 5) is 28.2. The lowest BCUT2D eigenvalue weighted by atomic mass is 10.2. The molecule has 0 aliphatic heterocycles. The first-order valence-corrected chi connectivity index (χ1v) is 7.89. The molecule has 2 amide bonds. The molecule has 2 aromatic heterocycles. The van der Waals surface area contributed by atoms with Crippen molar-refractivity contribution in [3.8, 4) is 0 Å². The standard InChI is InChI=1S/C14H11N3O2S2/c1-15-13(19)9-4-5-20-14(9)17-12(18)8-2-3-10-11(6-8)21-7-16-10/h2-7H,1H3,(H,15,19)(H,17,18). The van der Waals surface area contributed by atoms with E-state index in [9.17, 15) is 9.59 Å². The maximum atomic E-state index is 12.3. The van der Waals surface area contributed by atoms with Gasteiger partial charge in [-0.2, -0.15) is 0 Å². The van der Waals surface area contributed by atoms with E-state index in [0.717, 1.165) is 10.2 Å². The molecule has 3 aromatic rings. The molecule has 5 nitrogen and oxygen atoms in total. The Balaban J connectivity index is 1.86. The Bertz CT molecular complexity index is 822. The number of benzene rings is 1. The van der Waals surface area contributed by atoms with Gasteiger partial charge in [0.25, 0.3) is 11.8 Å². The average Bonchev–Trinajstić information content (AvgIpc) is 3.14. The molecule has 2 heterocycles. The number of aromatic nitrogens is 1. The van der Waals surface area contributed by atoms with E-state index in [1.807, 2.05) is 6.07 Å². The molecule has 106 valence electrons. The molecule has 0 saturated carbocycles. The topological polar surface area (TPSA) is 71.1 Å². The number of amides is 2. The van der Waals surface area contributed by atoms with Gasteiger partial charge in [0.1, 0.15) is 5.00 Å². The number of hydrogen-bond acceptors (Lipinski definition) is 5. The fourth-order valence-corrected chi connectivity index (χ4v) is 3.39. The maximum Gasteiger partial charge on any atom is 0.256 e. The first-order valence-electron chi connectivity index (χ1n) is 6.13. The molecule has 0 aliphatic rings. The van der Waals surface area contributed by atoms with Crippen LogP contribution in [-0.2, 0) is 0 Å². The molecule has 21 heavy (non-hydrogen) atoms. The zero-order chi connectivity index (χ0) is 14.8. The smallest absolute Gasteiger partial charge is 0.256 e. The molecule has 0 radical (unpaired) electrons. The van der Waals surface area contributed by atoms with Gasteiger partial charge < -0.3 is 10.6 Å². The Morgan fingerprint density at radius 1 is 1.14 bits per heavy atom. The van der Waals surface area contributed by atoms with E-state index in [-0.39, 0.29) is 11.8 Å². The number of fused-ring (bicyclic) bond motifs is 1. The van der Waals surface area contributed by atoms with Gasteiger partial charge in [-0.05, 0) is 29.6 Å². The number of nitrogens with zero attached hydrogens (tertiary/aromatic N) is 1. The lowest BCUT2D eigenvalue weighted by Crippen LogP contribution is -2.20. The lowest BCUT2D eigenvalue weighted by molar-refractivity contribution is 0.0964. The van der Waals surface area contributed by atoms with Crippen molar-refractivity contribution in [3.63, 3.8) is 0 Å². The minimum Gasteiger partial charge on any atom is -0.355 e. The molecule has 0 saturated heterocycles. The Hall–Kier alpha value is -2.25. The molecular weight excluding hydrogens is 306 g/mol. The van der Waals surface area contributed by atoms with Gasteiger partial charge in [0.2, 0.25) is 0 Å². The predicted molar refractivity (Wildman–Crippen MR) is 85.3 cm³/mol. The van der Waals surface area contributed by atoms with Crippen LogP contribution in [0.1, 0.15) is 20.7 Å². The molecule has 0 spiro atoms. The van der Waals surface area contributed by atoms with Crippen molar-refractivity contribution in [1.29, 1.82) is 0 Å². The molecule has 3 rings (SSSR count). The molecule has 7 heteroatoms. The predicted octanol–water partition coefficient (Wildman–Crippen LogP) is 2.97. The monoisotopic (exact) mass is 317 g/mol. The molecular formula is C14H11N3O2S2. The summed E-state index contributed by atoms with van der Waals surface area (Å²) in [6.07, 6.45) is 0.